The fraction of sp³-hybridized carbons (Fsp3) is 0.294. The van der Waals surface area contributed by atoms with E-state index < -0.39 is 0 Å². The lowest BCUT2D eigenvalue weighted by molar-refractivity contribution is -0.539. The molecule has 7 heteroatoms. The van der Waals surface area contributed by atoms with Gasteiger partial charge in [-0.05, 0) is 18.6 Å². The first-order chi connectivity index (χ1) is 11.5. The van der Waals surface area contributed by atoms with Gasteiger partial charge in [-0.1, -0.05) is 13.0 Å². The third-order valence-corrected chi connectivity index (χ3v) is 3.77. The van der Waals surface area contributed by atoms with Gasteiger partial charge in [-0.25, -0.2) is 0 Å². The second-order valence-electron chi connectivity index (χ2n) is 5.54. The number of aryl methyl sites for hydroxylation is 1. The maximum Gasteiger partial charge on any atom is 0.269 e. The molecule has 0 radical (unpaired) electrons. The van der Waals surface area contributed by atoms with Crippen molar-refractivity contribution in [2.45, 2.75) is 13.3 Å². The van der Waals surface area contributed by atoms with Crippen molar-refractivity contribution in [2.75, 3.05) is 13.6 Å². The number of amides is 1. The van der Waals surface area contributed by atoms with Gasteiger partial charge < -0.3 is 22.1 Å². The van der Waals surface area contributed by atoms with Crippen LogP contribution in [0.4, 0.5) is 5.69 Å². The Morgan fingerprint density at radius 2 is 2.12 bits per heavy atom. The van der Waals surface area contributed by atoms with E-state index in [1.807, 2.05) is 50.7 Å². The third-order valence-electron chi connectivity index (χ3n) is 3.77. The van der Waals surface area contributed by atoms with Gasteiger partial charge in [-0.2, -0.15) is 5.10 Å². The minimum atomic E-state index is -0.344. The van der Waals surface area contributed by atoms with Crippen LogP contribution in [0.25, 0.3) is 16.8 Å². The maximum absolute atomic E-state index is 12.1. The Bertz CT molecular complexity index is 762. The number of nitrogens with zero attached hydrogens (tertiary/aromatic N) is 2. The summed E-state index contributed by atoms with van der Waals surface area (Å²) in [6.45, 7) is 2.54. The van der Waals surface area contributed by atoms with E-state index in [2.05, 4.69) is 10.4 Å². The normalized spacial score (nSPS) is 12.0. The summed E-state index contributed by atoms with van der Waals surface area (Å²) in [4.78, 5) is 12.1. The van der Waals surface area contributed by atoms with E-state index in [0.717, 1.165) is 28.8 Å². The van der Waals surface area contributed by atoms with Gasteiger partial charge >= 0.3 is 0 Å². The van der Waals surface area contributed by atoms with Crippen molar-refractivity contribution >= 4 is 17.3 Å². The van der Waals surface area contributed by atoms with Gasteiger partial charge in [0.1, 0.15) is 11.4 Å². The second kappa shape index (κ2) is 7.65. The summed E-state index contributed by atoms with van der Waals surface area (Å²) in [7, 11) is 3.80. The number of quaternary nitrogens is 1. The van der Waals surface area contributed by atoms with E-state index >= 15 is 0 Å². The molecule has 0 aliphatic rings. The number of hydrogen-bond acceptors (Lipinski definition) is 4. The molecule has 1 aromatic heterocycles. The highest BCUT2D eigenvalue weighted by atomic mass is 16.2. The Morgan fingerprint density at radius 3 is 2.71 bits per heavy atom. The number of nitrogens with two attached hydrogens (primary N) is 3. The van der Waals surface area contributed by atoms with Crippen LogP contribution in [0.15, 0.2) is 36.3 Å². The summed E-state index contributed by atoms with van der Waals surface area (Å²) >= 11 is 0. The van der Waals surface area contributed by atoms with E-state index in [1.165, 1.54) is 0 Å². The summed E-state index contributed by atoms with van der Waals surface area (Å²) < 4.78 is 1.74. The van der Waals surface area contributed by atoms with Gasteiger partial charge in [0, 0.05) is 30.9 Å². The predicted octanol–water partition coefficient (Wildman–Crippen LogP) is 0.0240. The fourth-order valence-corrected chi connectivity index (χ4v) is 2.52. The van der Waals surface area contributed by atoms with Crippen LogP contribution in [0.2, 0.25) is 0 Å². The first-order valence-electron chi connectivity index (χ1n) is 7.94. The molecule has 128 valence electrons. The largest absolute Gasteiger partial charge is 0.396 e. The van der Waals surface area contributed by atoms with Crippen LogP contribution in [0.5, 0.6) is 0 Å². The summed E-state index contributed by atoms with van der Waals surface area (Å²) in [5.41, 5.74) is 16.1. The van der Waals surface area contributed by atoms with Crippen LogP contribution < -0.4 is 22.1 Å². The summed E-state index contributed by atoms with van der Waals surface area (Å²) in [6, 6.07) is 5.76. The van der Waals surface area contributed by atoms with Crippen molar-refractivity contribution in [1.82, 2.24) is 15.1 Å². The molecule has 0 saturated carbocycles. The molecule has 2 aromatic rings. The molecule has 7 N–H and O–H groups in total. The zero-order valence-corrected chi connectivity index (χ0v) is 14.3. The highest BCUT2D eigenvalue weighted by molar-refractivity contribution is 6.01. The number of carbonyl (C=O) groups is 1. The van der Waals surface area contributed by atoms with Gasteiger partial charge in [0.05, 0.1) is 24.5 Å². The highest BCUT2D eigenvalue weighted by Gasteiger charge is 2.19. The number of aromatic nitrogens is 2. The molecule has 7 nitrogen and oxygen atoms in total. The van der Waals surface area contributed by atoms with Crippen LogP contribution in [0.3, 0.4) is 0 Å². The maximum atomic E-state index is 12.1. The lowest BCUT2D eigenvalue weighted by atomic mass is 9.99. The predicted molar refractivity (Wildman–Crippen MR) is 94.7 cm³/mol. The van der Waals surface area contributed by atoms with Gasteiger partial charge in [0.2, 0.25) is 0 Å². The number of hydrogen-bond donors (Lipinski definition) is 4. The Hall–Kier alpha value is -2.80. The standard InChI is InChI=1S/C17H24N6O/c1-4-8-21-17(24)15(19)14(18)13-7-5-6-12(16(13)20-2)11-9-22-23(3)10-11/h5-7,9-10,20H,4,8,18-19H2,1-3H3,(H,21,24)/p+1/b15-14+. The molecular formula is C17H25N6O+. The molecule has 0 fully saturated rings. The van der Waals surface area contributed by atoms with Crippen molar-refractivity contribution in [3.8, 4) is 11.1 Å². The van der Waals surface area contributed by atoms with Gasteiger partial charge in [0.25, 0.3) is 5.91 Å². The minimum Gasteiger partial charge on any atom is -0.396 e. The van der Waals surface area contributed by atoms with E-state index in [0.29, 0.717) is 6.54 Å². The molecule has 0 aliphatic heterocycles. The van der Waals surface area contributed by atoms with E-state index in [1.54, 1.807) is 10.9 Å². The number of carbonyl (C=O) groups excluding carboxylic acids is 1. The van der Waals surface area contributed by atoms with Crippen LogP contribution in [0.1, 0.15) is 18.9 Å². The number of benzene rings is 1. The first-order valence-corrected chi connectivity index (χ1v) is 7.94. The van der Waals surface area contributed by atoms with Crippen LogP contribution >= 0.6 is 0 Å². The fourth-order valence-electron chi connectivity index (χ4n) is 2.52. The van der Waals surface area contributed by atoms with Crippen LogP contribution in [-0.2, 0) is 11.8 Å². The third kappa shape index (κ3) is 3.57. The summed E-state index contributed by atoms with van der Waals surface area (Å²) in [5, 5.41) is 8.92. The average Bonchev–Trinajstić information content (AvgIpc) is 3.03. The SMILES string of the molecule is CCCNC(=O)/C(N)=C(\N)c1cccc(-c2cnn(C)c2)c1[NH2+]C. The summed E-state index contributed by atoms with van der Waals surface area (Å²) in [6.07, 6.45) is 4.57. The molecule has 2 rings (SSSR count). The smallest absolute Gasteiger partial charge is 0.269 e. The molecule has 0 aliphatic carbocycles. The first kappa shape index (κ1) is 17.6. The van der Waals surface area contributed by atoms with Crippen LogP contribution in [-0.4, -0.2) is 29.3 Å². The van der Waals surface area contributed by atoms with Crippen LogP contribution in [0, 0.1) is 0 Å². The molecule has 0 spiro atoms. The van der Waals surface area contributed by atoms with Crippen molar-refractivity contribution in [3.05, 3.63) is 41.9 Å². The molecule has 0 unspecified atom stereocenters. The number of para-hydroxylation sites is 1. The minimum absolute atomic E-state index is 0.0369. The van der Waals surface area contributed by atoms with E-state index in [9.17, 15) is 4.79 Å². The lowest BCUT2D eigenvalue weighted by Crippen LogP contribution is -2.73. The monoisotopic (exact) mass is 329 g/mol. The number of nitrogens with one attached hydrogen (secondary N) is 1. The second-order valence-corrected chi connectivity index (χ2v) is 5.54. The molecule has 1 heterocycles. The molecule has 1 aromatic carbocycles. The Balaban J connectivity index is 2.48. The molecule has 0 atom stereocenters. The van der Waals surface area contributed by atoms with E-state index in [4.69, 9.17) is 11.5 Å². The molecule has 0 bridgehead atoms. The molecular weight excluding hydrogens is 304 g/mol. The summed E-state index contributed by atoms with van der Waals surface area (Å²) in [5.74, 6) is -0.344. The van der Waals surface area contributed by atoms with Crippen molar-refractivity contribution in [2.24, 2.45) is 18.5 Å². The number of rotatable bonds is 6. The molecule has 0 saturated heterocycles. The zero-order valence-electron chi connectivity index (χ0n) is 14.3. The van der Waals surface area contributed by atoms with E-state index in [-0.39, 0.29) is 17.3 Å². The Morgan fingerprint density at radius 1 is 1.38 bits per heavy atom. The van der Waals surface area contributed by atoms with Crippen molar-refractivity contribution in [3.63, 3.8) is 0 Å². The Labute approximate surface area is 141 Å². The van der Waals surface area contributed by atoms with Gasteiger partial charge in [-0.3, -0.25) is 9.48 Å². The molecule has 1 amide bonds. The van der Waals surface area contributed by atoms with Crippen molar-refractivity contribution in [1.29, 1.82) is 0 Å². The molecule has 24 heavy (non-hydrogen) atoms. The zero-order chi connectivity index (χ0) is 17.7. The Kier molecular flexibility index (Phi) is 5.59. The quantitative estimate of drug-likeness (QED) is 0.442. The van der Waals surface area contributed by atoms with Crippen molar-refractivity contribution < 1.29 is 10.1 Å². The lowest BCUT2D eigenvalue weighted by Gasteiger charge is -2.12. The average molecular weight is 329 g/mol. The topological polar surface area (TPSA) is 116 Å². The highest BCUT2D eigenvalue weighted by Crippen LogP contribution is 2.30. The van der Waals surface area contributed by atoms with Gasteiger partial charge in [0.15, 0.2) is 0 Å². The van der Waals surface area contributed by atoms with Gasteiger partial charge in [-0.15, -0.1) is 0 Å².